The van der Waals surface area contributed by atoms with Crippen LogP contribution >= 0.6 is 0 Å². The minimum absolute atomic E-state index is 0.0206. The highest BCUT2D eigenvalue weighted by Gasteiger charge is 2.24. The van der Waals surface area contributed by atoms with E-state index in [0.29, 0.717) is 50.6 Å². The van der Waals surface area contributed by atoms with E-state index in [1.807, 2.05) is 25.1 Å². The average molecular weight is 397 g/mol. The van der Waals surface area contributed by atoms with E-state index in [9.17, 15) is 9.59 Å². The number of hydrogen-bond donors (Lipinski definition) is 2. The second kappa shape index (κ2) is 9.86. The predicted molar refractivity (Wildman–Crippen MR) is 110 cm³/mol. The third-order valence-corrected chi connectivity index (χ3v) is 4.80. The second-order valence-corrected chi connectivity index (χ2v) is 7.07. The Kier molecular flexibility index (Phi) is 6.99. The summed E-state index contributed by atoms with van der Waals surface area (Å²) in [5.41, 5.74) is 2.76. The number of ether oxygens (including phenoxy) is 1. The predicted octanol–water partition coefficient (Wildman–Crippen LogP) is 2.75. The van der Waals surface area contributed by atoms with Crippen molar-refractivity contribution in [3.63, 3.8) is 0 Å². The molecule has 3 rings (SSSR count). The van der Waals surface area contributed by atoms with Gasteiger partial charge in [0.15, 0.2) is 0 Å². The summed E-state index contributed by atoms with van der Waals surface area (Å²) >= 11 is 0. The fourth-order valence-corrected chi connectivity index (χ4v) is 3.23. The van der Waals surface area contributed by atoms with Crippen molar-refractivity contribution in [1.82, 2.24) is 20.2 Å². The quantitative estimate of drug-likeness (QED) is 0.778. The summed E-state index contributed by atoms with van der Waals surface area (Å²) in [5, 5.41) is 6.15. The van der Waals surface area contributed by atoms with Gasteiger partial charge < -0.3 is 20.3 Å². The molecule has 0 bridgehead atoms. The van der Waals surface area contributed by atoms with Crippen molar-refractivity contribution >= 4 is 17.9 Å². The van der Waals surface area contributed by atoms with Crippen molar-refractivity contribution in [2.75, 3.05) is 25.0 Å². The lowest BCUT2D eigenvalue weighted by Crippen LogP contribution is -2.46. The van der Waals surface area contributed by atoms with E-state index >= 15 is 0 Å². The van der Waals surface area contributed by atoms with Crippen LogP contribution in [0.3, 0.4) is 0 Å². The smallest absolute Gasteiger partial charge is 0.409 e. The lowest BCUT2D eigenvalue weighted by Gasteiger charge is -2.31. The zero-order valence-corrected chi connectivity index (χ0v) is 16.9. The molecule has 8 heteroatoms. The molecule has 0 radical (unpaired) electrons. The molecule has 154 valence electrons. The number of nitrogens with zero attached hydrogens (tertiary/aromatic N) is 3. The number of likely N-dealkylation sites (tertiary alicyclic amines) is 1. The van der Waals surface area contributed by atoms with Crippen LogP contribution in [0, 0.1) is 6.92 Å². The van der Waals surface area contributed by atoms with Crippen LogP contribution < -0.4 is 10.6 Å². The summed E-state index contributed by atoms with van der Waals surface area (Å²) in [6, 6.07) is 8.22. The van der Waals surface area contributed by atoms with Crippen LogP contribution in [-0.2, 0) is 11.3 Å². The maximum Gasteiger partial charge on any atom is 0.409 e. The highest BCUT2D eigenvalue weighted by Crippen LogP contribution is 2.13. The highest BCUT2D eigenvalue weighted by molar-refractivity contribution is 5.93. The molecule has 2 heterocycles. The Hall–Kier alpha value is -3.16. The standard InChI is InChI=1S/C21H27N5O3/c1-3-29-21(28)26-9-7-18(8-10-26)25-19(27)17-13-23-20(24-14-17)22-12-16-6-4-5-15(2)11-16/h4-6,11,13-14,18H,3,7-10,12H2,1-2H3,(H,25,27)(H,22,23,24). The normalized spacial score (nSPS) is 14.3. The van der Waals surface area contributed by atoms with E-state index in [0.717, 1.165) is 5.56 Å². The average Bonchev–Trinajstić information content (AvgIpc) is 2.73. The summed E-state index contributed by atoms with van der Waals surface area (Å²) < 4.78 is 5.01. The molecule has 0 atom stereocenters. The Balaban J connectivity index is 1.46. The van der Waals surface area contributed by atoms with Gasteiger partial charge in [-0.25, -0.2) is 14.8 Å². The number of rotatable bonds is 6. The third-order valence-electron chi connectivity index (χ3n) is 4.80. The van der Waals surface area contributed by atoms with Crippen LogP contribution in [0.25, 0.3) is 0 Å². The van der Waals surface area contributed by atoms with Crippen LogP contribution in [0.4, 0.5) is 10.7 Å². The number of anilines is 1. The van der Waals surface area contributed by atoms with E-state index in [1.165, 1.54) is 18.0 Å². The molecule has 0 aliphatic carbocycles. The summed E-state index contributed by atoms with van der Waals surface area (Å²) in [5.74, 6) is 0.274. The Morgan fingerprint density at radius 2 is 1.93 bits per heavy atom. The van der Waals surface area contributed by atoms with Gasteiger partial charge in [-0.3, -0.25) is 4.79 Å². The zero-order valence-electron chi connectivity index (χ0n) is 16.9. The van der Waals surface area contributed by atoms with Gasteiger partial charge in [-0.15, -0.1) is 0 Å². The molecule has 2 aromatic rings. The van der Waals surface area contributed by atoms with Crippen molar-refractivity contribution in [2.45, 2.75) is 39.3 Å². The summed E-state index contributed by atoms with van der Waals surface area (Å²) in [4.78, 5) is 34.3. The third kappa shape index (κ3) is 5.91. The minimum atomic E-state index is -0.292. The first-order chi connectivity index (χ1) is 14.0. The monoisotopic (exact) mass is 397 g/mol. The number of aromatic nitrogens is 2. The SMILES string of the molecule is CCOC(=O)N1CCC(NC(=O)c2cnc(NCc3cccc(C)c3)nc2)CC1. The highest BCUT2D eigenvalue weighted by atomic mass is 16.6. The lowest BCUT2D eigenvalue weighted by atomic mass is 10.1. The Bertz CT molecular complexity index is 832. The number of aryl methyl sites for hydroxylation is 1. The van der Waals surface area contributed by atoms with Crippen LogP contribution in [0.1, 0.15) is 41.3 Å². The molecule has 1 fully saturated rings. The van der Waals surface area contributed by atoms with E-state index in [1.54, 1.807) is 11.8 Å². The number of nitrogens with one attached hydrogen (secondary N) is 2. The number of hydrogen-bond acceptors (Lipinski definition) is 6. The van der Waals surface area contributed by atoms with E-state index in [4.69, 9.17) is 4.74 Å². The van der Waals surface area contributed by atoms with Gasteiger partial charge >= 0.3 is 6.09 Å². The second-order valence-electron chi connectivity index (χ2n) is 7.07. The molecule has 2 amide bonds. The Morgan fingerprint density at radius 1 is 1.21 bits per heavy atom. The van der Waals surface area contributed by atoms with Crippen LogP contribution in [-0.4, -0.2) is 52.6 Å². The van der Waals surface area contributed by atoms with Gasteiger partial charge in [-0.1, -0.05) is 29.8 Å². The molecule has 8 nitrogen and oxygen atoms in total. The molecule has 1 saturated heterocycles. The Labute approximate surface area is 170 Å². The molecular formula is C21H27N5O3. The van der Waals surface area contributed by atoms with Gasteiger partial charge in [0.1, 0.15) is 0 Å². The van der Waals surface area contributed by atoms with Crippen LogP contribution in [0.15, 0.2) is 36.7 Å². The Morgan fingerprint density at radius 3 is 2.59 bits per heavy atom. The van der Waals surface area contributed by atoms with Crippen molar-refractivity contribution < 1.29 is 14.3 Å². The topological polar surface area (TPSA) is 96.5 Å². The maximum atomic E-state index is 12.4. The fourth-order valence-electron chi connectivity index (χ4n) is 3.23. The number of amides is 2. The largest absolute Gasteiger partial charge is 0.450 e. The molecule has 1 aromatic carbocycles. The number of benzene rings is 1. The van der Waals surface area contributed by atoms with Gasteiger partial charge in [0.2, 0.25) is 5.95 Å². The summed E-state index contributed by atoms with van der Waals surface area (Å²) in [6.07, 6.45) is 4.14. The van der Waals surface area contributed by atoms with Gasteiger partial charge in [-0.05, 0) is 32.3 Å². The number of carbonyl (C=O) groups is 2. The molecule has 1 aromatic heterocycles. The summed E-state index contributed by atoms with van der Waals surface area (Å²) in [6.45, 7) is 5.96. The molecule has 29 heavy (non-hydrogen) atoms. The zero-order chi connectivity index (χ0) is 20.6. The molecule has 2 N–H and O–H groups in total. The minimum Gasteiger partial charge on any atom is -0.450 e. The van der Waals surface area contributed by atoms with E-state index < -0.39 is 0 Å². The molecule has 0 unspecified atom stereocenters. The first-order valence-corrected chi connectivity index (χ1v) is 9.89. The lowest BCUT2D eigenvalue weighted by molar-refractivity contribution is 0.0859. The van der Waals surface area contributed by atoms with Crippen molar-refractivity contribution in [3.8, 4) is 0 Å². The maximum absolute atomic E-state index is 12.4. The molecule has 1 aliphatic rings. The molecular weight excluding hydrogens is 370 g/mol. The van der Waals surface area contributed by atoms with E-state index in [-0.39, 0.29) is 18.0 Å². The van der Waals surface area contributed by atoms with Crippen LogP contribution in [0.2, 0.25) is 0 Å². The summed E-state index contributed by atoms with van der Waals surface area (Å²) in [7, 11) is 0. The van der Waals surface area contributed by atoms with Gasteiger partial charge in [-0.2, -0.15) is 0 Å². The van der Waals surface area contributed by atoms with E-state index in [2.05, 4.69) is 26.7 Å². The number of piperidine rings is 1. The molecule has 0 saturated carbocycles. The van der Waals surface area contributed by atoms with Gasteiger partial charge in [0.25, 0.3) is 5.91 Å². The van der Waals surface area contributed by atoms with Crippen molar-refractivity contribution in [2.24, 2.45) is 0 Å². The van der Waals surface area contributed by atoms with Crippen LogP contribution in [0.5, 0.6) is 0 Å². The number of carbonyl (C=O) groups excluding carboxylic acids is 2. The molecule has 0 spiro atoms. The van der Waals surface area contributed by atoms with Crippen molar-refractivity contribution in [1.29, 1.82) is 0 Å². The van der Waals surface area contributed by atoms with Gasteiger partial charge in [0, 0.05) is 38.1 Å². The van der Waals surface area contributed by atoms with Crippen molar-refractivity contribution in [3.05, 3.63) is 53.3 Å². The molecule has 1 aliphatic heterocycles. The van der Waals surface area contributed by atoms with Gasteiger partial charge in [0.05, 0.1) is 12.2 Å². The first kappa shape index (κ1) is 20.6. The first-order valence-electron chi connectivity index (χ1n) is 9.89. The fraction of sp³-hybridized carbons (Fsp3) is 0.429.